The molecular formula is C14H19N3O. The average molecular weight is 245 g/mol. The molecular weight excluding hydrogens is 226 g/mol. The summed E-state index contributed by atoms with van der Waals surface area (Å²) in [5.74, 6) is 0. The second kappa shape index (κ2) is 4.72. The van der Waals surface area contributed by atoms with E-state index in [0.29, 0.717) is 5.69 Å². The molecule has 0 unspecified atom stereocenters. The summed E-state index contributed by atoms with van der Waals surface area (Å²) in [6, 6.07) is 7.84. The Morgan fingerprint density at radius 3 is 2.50 bits per heavy atom. The first-order valence-electron chi connectivity index (χ1n) is 6.21. The van der Waals surface area contributed by atoms with Gasteiger partial charge in [0.05, 0.1) is 11.4 Å². The molecule has 0 amide bonds. The van der Waals surface area contributed by atoms with E-state index < -0.39 is 0 Å². The van der Waals surface area contributed by atoms with Gasteiger partial charge in [-0.1, -0.05) is 25.1 Å². The van der Waals surface area contributed by atoms with Gasteiger partial charge in [0, 0.05) is 6.54 Å². The molecule has 1 aromatic carbocycles. The van der Waals surface area contributed by atoms with E-state index >= 15 is 0 Å². The van der Waals surface area contributed by atoms with Gasteiger partial charge in [-0.3, -0.25) is 9.48 Å². The van der Waals surface area contributed by atoms with E-state index in [1.165, 1.54) is 0 Å². The molecule has 2 N–H and O–H groups in total. The third kappa shape index (κ3) is 1.83. The van der Waals surface area contributed by atoms with Gasteiger partial charge in [0.25, 0.3) is 5.56 Å². The summed E-state index contributed by atoms with van der Waals surface area (Å²) in [5.41, 5.74) is 8.88. The van der Waals surface area contributed by atoms with Crippen LogP contribution in [0.2, 0.25) is 0 Å². The van der Waals surface area contributed by atoms with Crippen LogP contribution in [-0.2, 0) is 6.54 Å². The predicted octanol–water partition coefficient (Wildman–Crippen LogP) is 2.25. The second-order valence-corrected chi connectivity index (χ2v) is 4.53. The number of nitrogens with two attached hydrogens (primary N) is 1. The number of nitrogens with zero attached hydrogens (tertiary/aromatic N) is 2. The van der Waals surface area contributed by atoms with E-state index in [1.807, 2.05) is 42.8 Å². The fourth-order valence-electron chi connectivity index (χ4n) is 2.19. The summed E-state index contributed by atoms with van der Waals surface area (Å²) in [5, 5.41) is 0. The van der Waals surface area contributed by atoms with Crippen molar-refractivity contribution in [2.45, 2.75) is 33.7 Å². The van der Waals surface area contributed by atoms with Gasteiger partial charge in [-0.25, -0.2) is 4.68 Å². The van der Waals surface area contributed by atoms with Crippen molar-refractivity contribution in [1.29, 1.82) is 0 Å². The fraction of sp³-hybridized carbons (Fsp3) is 0.357. The summed E-state index contributed by atoms with van der Waals surface area (Å²) in [6.45, 7) is 6.76. The molecule has 4 nitrogen and oxygen atoms in total. The van der Waals surface area contributed by atoms with Gasteiger partial charge in [-0.05, 0) is 31.9 Å². The number of para-hydroxylation sites is 1. The highest BCUT2D eigenvalue weighted by Gasteiger charge is 2.15. The maximum absolute atomic E-state index is 12.3. The van der Waals surface area contributed by atoms with E-state index in [1.54, 1.807) is 4.68 Å². The van der Waals surface area contributed by atoms with Gasteiger partial charge < -0.3 is 5.73 Å². The van der Waals surface area contributed by atoms with Gasteiger partial charge in [0.1, 0.15) is 5.69 Å². The SMILES string of the molecule is CCCn1c(C)c(N)c(=O)n1-c1ccccc1C. The Labute approximate surface area is 107 Å². The van der Waals surface area contributed by atoms with Gasteiger partial charge in [0.15, 0.2) is 0 Å². The van der Waals surface area contributed by atoms with Crippen LogP contribution in [0.5, 0.6) is 0 Å². The zero-order valence-corrected chi connectivity index (χ0v) is 11.1. The van der Waals surface area contributed by atoms with Gasteiger partial charge in [-0.2, -0.15) is 0 Å². The van der Waals surface area contributed by atoms with E-state index in [-0.39, 0.29) is 5.56 Å². The Morgan fingerprint density at radius 2 is 1.89 bits per heavy atom. The number of aromatic nitrogens is 2. The molecule has 2 rings (SSSR count). The predicted molar refractivity (Wildman–Crippen MR) is 74.2 cm³/mol. The molecule has 0 aliphatic carbocycles. The number of rotatable bonds is 3. The van der Waals surface area contributed by atoms with Gasteiger partial charge >= 0.3 is 0 Å². The largest absolute Gasteiger partial charge is 0.393 e. The quantitative estimate of drug-likeness (QED) is 0.901. The molecule has 4 heteroatoms. The Hall–Kier alpha value is -1.97. The van der Waals surface area contributed by atoms with E-state index in [9.17, 15) is 4.79 Å². The third-order valence-corrected chi connectivity index (χ3v) is 3.22. The maximum Gasteiger partial charge on any atom is 0.294 e. The highest BCUT2D eigenvalue weighted by molar-refractivity contribution is 5.47. The second-order valence-electron chi connectivity index (χ2n) is 4.53. The molecule has 0 bridgehead atoms. The van der Waals surface area contributed by atoms with Crippen molar-refractivity contribution < 1.29 is 0 Å². The Balaban J connectivity index is 2.75. The molecule has 0 aliphatic heterocycles. The highest BCUT2D eigenvalue weighted by Crippen LogP contribution is 2.16. The van der Waals surface area contributed by atoms with Crippen LogP contribution < -0.4 is 11.3 Å². The molecule has 1 aromatic heterocycles. The molecule has 0 spiro atoms. The Kier molecular flexibility index (Phi) is 3.28. The molecule has 18 heavy (non-hydrogen) atoms. The number of anilines is 1. The Bertz CT molecular complexity index is 622. The standard InChI is InChI=1S/C14H19N3O/c1-4-9-16-11(3)13(15)14(18)17(16)12-8-6-5-7-10(12)2/h5-8H,4,9,15H2,1-3H3. The molecule has 0 atom stereocenters. The monoisotopic (exact) mass is 245 g/mol. The molecule has 1 heterocycles. The van der Waals surface area contributed by atoms with Crippen LogP contribution >= 0.6 is 0 Å². The smallest absolute Gasteiger partial charge is 0.294 e. The van der Waals surface area contributed by atoms with Crippen molar-refractivity contribution in [1.82, 2.24) is 9.36 Å². The summed E-state index contributed by atoms with van der Waals surface area (Å²) >= 11 is 0. The zero-order chi connectivity index (χ0) is 13.3. The summed E-state index contributed by atoms with van der Waals surface area (Å²) < 4.78 is 3.64. The minimum Gasteiger partial charge on any atom is -0.393 e. The van der Waals surface area contributed by atoms with Gasteiger partial charge in [-0.15, -0.1) is 0 Å². The van der Waals surface area contributed by atoms with Crippen LogP contribution in [0, 0.1) is 13.8 Å². The van der Waals surface area contributed by atoms with Crippen molar-refractivity contribution >= 4 is 5.69 Å². The lowest BCUT2D eigenvalue weighted by Gasteiger charge is -2.14. The van der Waals surface area contributed by atoms with E-state index in [2.05, 4.69) is 6.92 Å². The molecule has 2 aromatic rings. The van der Waals surface area contributed by atoms with Crippen LogP contribution in [0.3, 0.4) is 0 Å². The summed E-state index contributed by atoms with van der Waals surface area (Å²) in [4.78, 5) is 12.3. The van der Waals surface area contributed by atoms with E-state index in [0.717, 1.165) is 29.9 Å². The lowest BCUT2D eigenvalue weighted by Crippen LogP contribution is -2.23. The first-order chi connectivity index (χ1) is 8.57. The molecule has 0 saturated carbocycles. The Morgan fingerprint density at radius 1 is 1.22 bits per heavy atom. The summed E-state index contributed by atoms with van der Waals surface area (Å²) in [7, 11) is 0. The highest BCUT2D eigenvalue weighted by atomic mass is 16.1. The van der Waals surface area contributed by atoms with Crippen molar-refractivity contribution in [3.63, 3.8) is 0 Å². The molecule has 0 aliphatic rings. The fourth-order valence-corrected chi connectivity index (χ4v) is 2.19. The van der Waals surface area contributed by atoms with Crippen LogP contribution in [0.1, 0.15) is 24.6 Å². The lowest BCUT2D eigenvalue weighted by atomic mass is 10.2. The number of aryl methyl sites for hydroxylation is 1. The molecule has 96 valence electrons. The number of hydrogen-bond donors (Lipinski definition) is 1. The van der Waals surface area contributed by atoms with Gasteiger partial charge in [0.2, 0.25) is 0 Å². The molecule has 0 saturated heterocycles. The average Bonchev–Trinajstić information content (AvgIpc) is 2.56. The van der Waals surface area contributed by atoms with E-state index in [4.69, 9.17) is 5.73 Å². The molecule has 0 fully saturated rings. The summed E-state index contributed by atoms with van der Waals surface area (Å²) in [6.07, 6.45) is 0.959. The van der Waals surface area contributed by atoms with Crippen molar-refractivity contribution in [3.05, 3.63) is 45.9 Å². The van der Waals surface area contributed by atoms with Crippen molar-refractivity contribution in [2.24, 2.45) is 0 Å². The topological polar surface area (TPSA) is 52.9 Å². The number of hydrogen-bond acceptors (Lipinski definition) is 2. The van der Waals surface area contributed by atoms with Crippen molar-refractivity contribution in [2.75, 3.05) is 5.73 Å². The van der Waals surface area contributed by atoms with Crippen LogP contribution in [0.15, 0.2) is 29.1 Å². The first-order valence-corrected chi connectivity index (χ1v) is 6.21. The number of benzene rings is 1. The van der Waals surface area contributed by atoms with Crippen LogP contribution in [0.4, 0.5) is 5.69 Å². The minimum absolute atomic E-state index is 0.129. The maximum atomic E-state index is 12.3. The number of nitrogen functional groups attached to an aromatic ring is 1. The van der Waals surface area contributed by atoms with Crippen LogP contribution in [0.25, 0.3) is 5.69 Å². The van der Waals surface area contributed by atoms with Crippen LogP contribution in [-0.4, -0.2) is 9.36 Å². The normalized spacial score (nSPS) is 10.8. The van der Waals surface area contributed by atoms with Crippen molar-refractivity contribution in [3.8, 4) is 5.69 Å². The lowest BCUT2D eigenvalue weighted by molar-refractivity contribution is 0.522. The first kappa shape index (κ1) is 12.5. The molecule has 0 radical (unpaired) electrons. The third-order valence-electron chi connectivity index (χ3n) is 3.22. The minimum atomic E-state index is -0.129. The zero-order valence-electron chi connectivity index (χ0n) is 11.1.